The molecule has 2 fully saturated rings. The number of rotatable bonds is 8. The third-order valence-electron chi connectivity index (χ3n) is 9.32. The highest BCUT2D eigenvalue weighted by Gasteiger charge is 2.50. The lowest BCUT2D eigenvalue weighted by Gasteiger charge is -2.30. The van der Waals surface area contributed by atoms with Crippen molar-refractivity contribution in [3.8, 4) is 28.1 Å². The number of likely N-dealkylation sites (tertiary alicyclic amines) is 1. The molecule has 1 saturated heterocycles. The molecular formula is C32H35F3N4O6S. The monoisotopic (exact) mass is 660 g/mol. The van der Waals surface area contributed by atoms with E-state index < -0.39 is 27.8 Å². The van der Waals surface area contributed by atoms with Crippen LogP contribution >= 0.6 is 0 Å². The predicted molar refractivity (Wildman–Crippen MR) is 162 cm³/mol. The van der Waals surface area contributed by atoms with Crippen LogP contribution in [0.3, 0.4) is 0 Å². The molecule has 1 saturated carbocycles. The number of methoxy groups -OCH3 is 1. The number of alkyl halides is 3. The summed E-state index contributed by atoms with van der Waals surface area (Å²) in [5, 5.41) is 2.65. The van der Waals surface area contributed by atoms with E-state index in [0.29, 0.717) is 17.9 Å². The molecular weight excluding hydrogens is 625 g/mol. The normalized spacial score (nSPS) is 21.4. The van der Waals surface area contributed by atoms with E-state index >= 15 is 0 Å². The zero-order valence-electron chi connectivity index (χ0n) is 25.6. The first kappa shape index (κ1) is 31.9. The van der Waals surface area contributed by atoms with Crippen molar-refractivity contribution in [1.82, 2.24) is 20.2 Å². The van der Waals surface area contributed by atoms with Gasteiger partial charge < -0.3 is 24.1 Å². The molecule has 0 radical (unpaired) electrons. The number of ether oxygens (including phenoxy) is 1. The van der Waals surface area contributed by atoms with E-state index in [4.69, 9.17) is 4.74 Å². The molecule has 2 N–H and O–H groups in total. The van der Waals surface area contributed by atoms with Crippen molar-refractivity contribution in [1.29, 1.82) is 0 Å². The Hall–Kier alpha value is -4.07. The first-order valence-electron chi connectivity index (χ1n) is 15.3. The lowest BCUT2D eigenvalue weighted by molar-refractivity contribution is -0.135. The summed E-state index contributed by atoms with van der Waals surface area (Å²) in [6.45, 7) is 4.26. The summed E-state index contributed by atoms with van der Waals surface area (Å²) in [6.07, 6.45) is 4.97. The van der Waals surface area contributed by atoms with Crippen LogP contribution in [0, 0.1) is 5.92 Å². The molecule has 2 heterocycles. The van der Waals surface area contributed by atoms with Crippen LogP contribution in [0.1, 0.15) is 80.8 Å². The number of hydrogen-bond donors (Lipinski definition) is 2. The Kier molecular flexibility index (Phi) is 8.28. The Morgan fingerprint density at radius 1 is 1.02 bits per heavy atom. The van der Waals surface area contributed by atoms with E-state index in [9.17, 15) is 31.2 Å². The maximum absolute atomic E-state index is 13.5. The van der Waals surface area contributed by atoms with Crippen molar-refractivity contribution in [3.05, 3.63) is 59.5 Å². The van der Waals surface area contributed by atoms with Gasteiger partial charge >= 0.3 is 21.7 Å². The summed E-state index contributed by atoms with van der Waals surface area (Å²) >= 11 is 0. The average Bonchev–Trinajstić information content (AvgIpc) is 3.83. The summed E-state index contributed by atoms with van der Waals surface area (Å²) in [4.78, 5) is 35.0. The molecule has 4 atom stereocenters. The fourth-order valence-corrected chi connectivity index (χ4v) is 7.62. The molecule has 2 aliphatic carbocycles. The highest BCUT2D eigenvalue weighted by Crippen LogP contribution is 2.58. The Morgan fingerprint density at radius 2 is 1.70 bits per heavy atom. The van der Waals surface area contributed by atoms with E-state index in [1.807, 2.05) is 38.1 Å². The molecule has 6 rings (SSSR count). The molecule has 3 aliphatic rings. The molecule has 2 amide bonds. The number of H-pyrrole nitrogens is 1. The van der Waals surface area contributed by atoms with Crippen LogP contribution in [0.4, 0.5) is 18.0 Å². The lowest BCUT2D eigenvalue weighted by Crippen LogP contribution is -2.51. The Balaban J connectivity index is 1.23. The zero-order chi connectivity index (χ0) is 33.0. The molecule has 14 heteroatoms. The highest BCUT2D eigenvalue weighted by atomic mass is 32.2. The first-order chi connectivity index (χ1) is 21.8. The van der Waals surface area contributed by atoms with E-state index in [1.54, 1.807) is 17.2 Å². The second kappa shape index (κ2) is 11.9. The minimum atomic E-state index is -5.78. The number of aromatic amines is 1. The molecule has 2 aromatic carbocycles. The van der Waals surface area contributed by atoms with Gasteiger partial charge in [0.2, 0.25) is 5.91 Å². The number of benzene rings is 2. The molecule has 10 nitrogen and oxygen atoms in total. The number of aromatic nitrogens is 2. The number of hydrogen-bond acceptors (Lipinski definition) is 7. The fraction of sp³-hybridized carbons (Fsp3) is 0.469. The van der Waals surface area contributed by atoms with Gasteiger partial charge in [-0.25, -0.2) is 9.78 Å². The maximum Gasteiger partial charge on any atom is 0.534 e. The van der Waals surface area contributed by atoms with Gasteiger partial charge in [0.25, 0.3) is 0 Å². The number of carbonyl (C=O) groups excluding carboxylic acids is 2. The summed E-state index contributed by atoms with van der Waals surface area (Å²) in [5.41, 5.74) is -0.808. The van der Waals surface area contributed by atoms with Crippen molar-refractivity contribution in [3.63, 3.8) is 0 Å². The fourth-order valence-electron chi connectivity index (χ4n) is 7.15. The average molecular weight is 661 g/mol. The smallest absolute Gasteiger partial charge is 0.453 e. The van der Waals surface area contributed by atoms with Crippen LogP contribution in [0.5, 0.6) is 5.75 Å². The van der Waals surface area contributed by atoms with Crippen LogP contribution in [0.15, 0.2) is 42.6 Å². The largest absolute Gasteiger partial charge is 0.534 e. The minimum absolute atomic E-state index is 0.0461. The third kappa shape index (κ3) is 5.71. The summed E-state index contributed by atoms with van der Waals surface area (Å²) in [5.74, 6) is 0.131. The van der Waals surface area contributed by atoms with Gasteiger partial charge in [-0.05, 0) is 78.2 Å². The van der Waals surface area contributed by atoms with Gasteiger partial charge in [0.15, 0.2) is 0 Å². The molecule has 1 aromatic heterocycles. The number of imidazole rings is 1. The van der Waals surface area contributed by atoms with E-state index in [2.05, 4.69) is 19.5 Å². The number of alkyl carbamates (subject to hydrolysis) is 1. The van der Waals surface area contributed by atoms with Gasteiger partial charge in [-0.3, -0.25) is 4.79 Å². The van der Waals surface area contributed by atoms with E-state index in [0.717, 1.165) is 60.1 Å². The summed E-state index contributed by atoms with van der Waals surface area (Å²) in [6, 6.07) is 9.61. The van der Waals surface area contributed by atoms with Crippen LogP contribution in [-0.4, -0.2) is 60.5 Å². The van der Waals surface area contributed by atoms with Crippen molar-refractivity contribution in [2.75, 3.05) is 13.7 Å². The molecule has 246 valence electrons. The maximum atomic E-state index is 13.5. The zero-order valence-corrected chi connectivity index (χ0v) is 26.4. The van der Waals surface area contributed by atoms with Gasteiger partial charge in [-0.2, -0.15) is 21.6 Å². The molecule has 1 aliphatic heterocycles. The summed E-state index contributed by atoms with van der Waals surface area (Å²) in [7, 11) is -4.53. The van der Waals surface area contributed by atoms with Gasteiger partial charge in [-0.1, -0.05) is 44.2 Å². The van der Waals surface area contributed by atoms with Gasteiger partial charge in [0.1, 0.15) is 17.6 Å². The Labute approximate surface area is 264 Å². The lowest BCUT2D eigenvalue weighted by atomic mass is 9.85. The van der Waals surface area contributed by atoms with Crippen LogP contribution in [-0.2, 0) is 19.6 Å². The highest BCUT2D eigenvalue weighted by molar-refractivity contribution is 7.88. The third-order valence-corrected chi connectivity index (χ3v) is 10.3. The number of nitrogens with one attached hydrogen (secondary N) is 2. The van der Waals surface area contributed by atoms with E-state index in [-0.39, 0.29) is 35.5 Å². The van der Waals surface area contributed by atoms with Gasteiger partial charge in [-0.15, -0.1) is 0 Å². The topological polar surface area (TPSA) is 131 Å². The van der Waals surface area contributed by atoms with Crippen molar-refractivity contribution >= 4 is 22.1 Å². The predicted octanol–water partition coefficient (Wildman–Crippen LogP) is 6.38. The summed E-state index contributed by atoms with van der Waals surface area (Å²) < 4.78 is 72.2. The minimum Gasteiger partial charge on any atom is -0.453 e. The van der Waals surface area contributed by atoms with Crippen molar-refractivity contribution < 1.29 is 40.1 Å². The number of carbonyl (C=O) groups is 2. The van der Waals surface area contributed by atoms with Crippen molar-refractivity contribution in [2.24, 2.45) is 5.92 Å². The Bertz CT molecular complexity index is 1760. The number of nitrogens with zero attached hydrogens (tertiary/aromatic N) is 2. The molecule has 2 unspecified atom stereocenters. The number of fused-ring (bicyclic) bond motifs is 5. The second-order valence-corrected chi connectivity index (χ2v) is 14.0. The van der Waals surface area contributed by atoms with Crippen LogP contribution in [0.25, 0.3) is 22.4 Å². The van der Waals surface area contributed by atoms with Crippen molar-refractivity contribution in [2.45, 2.75) is 75.4 Å². The Morgan fingerprint density at radius 3 is 2.35 bits per heavy atom. The van der Waals surface area contributed by atoms with E-state index in [1.165, 1.54) is 13.2 Å². The molecule has 0 spiro atoms. The SMILES string of the molecule is COC(=O)N[C@H](C(=O)N1CCC[C@H]1c1ncc(-c2ccc(-c3ccc(OS(=O)(=O)C(F)(F)F)c4c3C3CCC4C3)cc2)[nH]1)C(C)C. The van der Waals surface area contributed by atoms with Crippen LogP contribution in [0.2, 0.25) is 0 Å². The quantitative estimate of drug-likeness (QED) is 0.212. The van der Waals surface area contributed by atoms with Crippen LogP contribution < -0.4 is 9.50 Å². The molecule has 46 heavy (non-hydrogen) atoms. The molecule has 3 aromatic rings. The number of halogens is 3. The second-order valence-electron chi connectivity index (χ2n) is 12.4. The van der Waals surface area contributed by atoms with Gasteiger partial charge in [0, 0.05) is 12.1 Å². The molecule has 2 bridgehead atoms. The first-order valence-corrected chi connectivity index (χ1v) is 16.7. The number of amides is 2. The van der Waals surface area contributed by atoms with Gasteiger partial charge in [0.05, 0.1) is 25.0 Å². The standard InChI is InChI=1S/C32H35F3N4O6S/c1-17(2)28(38-31(41)44-3)30(40)39-14-4-5-24(39)29-36-16-23(37-29)19-8-6-18(7-9-19)22-12-13-25(45-46(42,43)32(33,34)35)27-21-11-10-20(15-21)26(22)27/h6-9,12-13,16-17,20-21,24,28H,4-5,10-11,14-15H2,1-3H3,(H,36,37)(H,38,41)/t20?,21?,24-,28-/m0/s1.